The van der Waals surface area contributed by atoms with Crippen LogP contribution in [0.2, 0.25) is 10.0 Å². The lowest BCUT2D eigenvalue weighted by Gasteiger charge is -2.00. The minimum absolute atomic E-state index is 0.0660. The highest BCUT2D eigenvalue weighted by atomic mass is 35.5. The molecule has 0 aliphatic carbocycles. The SMILES string of the molecule is O=C(/C=C/c1ccccc1[N+](=O)[O-])c1ccc(Cl)cc1Cl. The molecule has 6 heteroatoms. The minimum Gasteiger partial charge on any atom is -0.289 e. The smallest absolute Gasteiger partial charge is 0.276 e. The van der Waals surface area contributed by atoms with E-state index in [0.717, 1.165) is 0 Å². The van der Waals surface area contributed by atoms with Crippen molar-refractivity contribution in [2.24, 2.45) is 0 Å². The van der Waals surface area contributed by atoms with Crippen molar-refractivity contribution in [2.45, 2.75) is 0 Å². The molecule has 21 heavy (non-hydrogen) atoms. The summed E-state index contributed by atoms with van der Waals surface area (Å²) in [5.41, 5.74) is 0.570. The van der Waals surface area contributed by atoms with Gasteiger partial charge in [0.15, 0.2) is 5.78 Å². The lowest BCUT2D eigenvalue weighted by Crippen LogP contribution is -1.96. The monoisotopic (exact) mass is 321 g/mol. The Kier molecular flexibility index (Phi) is 4.73. The topological polar surface area (TPSA) is 60.2 Å². The van der Waals surface area contributed by atoms with Crippen molar-refractivity contribution in [1.29, 1.82) is 0 Å². The van der Waals surface area contributed by atoms with Crippen LogP contribution in [0.25, 0.3) is 6.08 Å². The van der Waals surface area contributed by atoms with E-state index in [0.29, 0.717) is 10.6 Å². The van der Waals surface area contributed by atoms with Crippen molar-refractivity contribution in [1.82, 2.24) is 0 Å². The van der Waals surface area contributed by atoms with Crippen LogP contribution in [0.5, 0.6) is 0 Å². The zero-order valence-electron chi connectivity index (χ0n) is 10.6. The number of nitro groups is 1. The standard InChI is InChI=1S/C15H9Cl2NO3/c16-11-6-7-12(13(17)9-11)15(19)8-5-10-3-1-2-4-14(10)18(20)21/h1-9H/b8-5+. The number of allylic oxidation sites excluding steroid dienone is 1. The normalized spacial score (nSPS) is 10.8. The van der Waals surface area contributed by atoms with Gasteiger partial charge >= 0.3 is 0 Å². The van der Waals surface area contributed by atoms with Gasteiger partial charge in [0, 0.05) is 16.7 Å². The predicted molar refractivity (Wildman–Crippen MR) is 82.9 cm³/mol. The van der Waals surface area contributed by atoms with E-state index in [-0.39, 0.29) is 22.1 Å². The molecule has 106 valence electrons. The number of para-hydroxylation sites is 1. The quantitative estimate of drug-likeness (QED) is 0.352. The van der Waals surface area contributed by atoms with Gasteiger partial charge in [-0.2, -0.15) is 0 Å². The minimum atomic E-state index is -0.501. The van der Waals surface area contributed by atoms with Gasteiger partial charge in [-0.15, -0.1) is 0 Å². The molecule has 0 heterocycles. The summed E-state index contributed by atoms with van der Waals surface area (Å²) in [6, 6.07) is 10.7. The average molecular weight is 322 g/mol. The first-order valence-corrected chi connectivity index (χ1v) is 6.65. The fourth-order valence-corrected chi connectivity index (χ4v) is 2.24. The van der Waals surface area contributed by atoms with E-state index >= 15 is 0 Å². The van der Waals surface area contributed by atoms with Crippen molar-refractivity contribution < 1.29 is 9.72 Å². The maximum Gasteiger partial charge on any atom is 0.276 e. The van der Waals surface area contributed by atoms with Crippen molar-refractivity contribution in [3.8, 4) is 0 Å². The van der Waals surface area contributed by atoms with Crippen molar-refractivity contribution >= 4 is 40.7 Å². The van der Waals surface area contributed by atoms with E-state index in [2.05, 4.69) is 0 Å². The summed E-state index contributed by atoms with van der Waals surface area (Å²) in [7, 11) is 0. The Balaban J connectivity index is 2.29. The van der Waals surface area contributed by atoms with Gasteiger partial charge in [0.25, 0.3) is 5.69 Å². The molecule has 2 rings (SSSR count). The summed E-state index contributed by atoms with van der Waals surface area (Å²) in [4.78, 5) is 22.4. The third-order valence-electron chi connectivity index (χ3n) is 2.74. The zero-order chi connectivity index (χ0) is 15.4. The van der Waals surface area contributed by atoms with E-state index in [1.165, 1.54) is 30.4 Å². The average Bonchev–Trinajstić information content (AvgIpc) is 2.45. The van der Waals surface area contributed by atoms with Crippen LogP contribution in [0.15, 0.2) is 48.5 Å². The van der Waals surface area contributed by atoms with Gasteiger partial charge in [0.1, 0.15) is 0 Å². The second kappa shape index (κ2) is 6.52. The number of nitrogens with zero attached hydrogens (tertiary/aromatic N) is 1. The van der Waals surface area contributed by atoms with E-state index in [1.54, 1.807) is 24.3 Å². The van der Waals surface area contributed by atoms with Crippen LogP contribution in [0.4, 0.5) is 5.69 Å². The summed E-state index contributed by atoms with van der Waals surface area (Å²) in [5.74, 6) is -0.352. The molecule has 4 nitrogen and oxygen atoms in total. The molecular formula is C15H9Cl2NO3. The fourth-order valence-electron chi connectivity index (χ4n) is 1.74. The van der Waals surface area contributed by atoms with Gasteiger partial charge in [0.2, 0.25) is 0 Å². The van der Waals surface area contributed by atoms with E-state index in [9.17, 15) is 14.9 Å². The number of carbonyl (C=O) groups is 1. The first kappa shape index (κ1) is 15.2. The first-order valence-electron chi connectivity index (χ1n) is 5.90. The highest BCUT2D eigenvalue weighted by Crippen LogP contribution is 2.23. The molecule has 0 unspecified atom stereocenters. The number of ketones is 1. The molecule has 0 amide bonds. The van der Waals surface area contributed by atoms with Crippen molar-refractivity contribution in [2.75, 3.05) is 0 Å². The largest absolute Gasteiger partial charge is 0.289 e. The molecule has 2 aromatic carbocycles. The summed E-state index contributed by atoms with van der Waals surface area (Å²) in [6.07, 6.45) is 2.64. The molecule has 0 aromatic heterocycles. The number of halogens is 2. The van der Waals surface area contributed by atoms with E-state index in [4.69, 9.17) is 23.2 Å². The molecule has 0 N–H and O–H groups in total. The molecule has 0 aliphatic rings. The fraction of sp³-hybridized carbons (Fsp3) is 0. The van der Waals surface area contributed by atoms with Gasteiger partial charge in [-0.1, -0.05) is 35.3 Å². The van der Waals surface area contributed by atoms with Gasteiger partial charge in [0.05, 0.1) is 15.5 Å². The Labute approximate surface area is 130 Å². The van der Waals surface area contributed by atoms with Crippen LogP contribution >= 0.6 is 23.2 Å². The van der Waals surface area contributed by atoms with Crippen LogP contribution in [0.1, 0.15) is 15.9 Å². The highest BCUT2D eigenvalue weighted by molar-refractivity contribution is 6.37. The van der Waals surface area contributed by atoms with Gasteiger partial charge < -0.3 is 0 Å². The summed E-state index contributed by atoms with van der Waals surface area (Å²) in [5, 5.41) is 11.5. The number of carbonyl (C=O) groups excluding carboxylic acids is 1. The third kappa shape index (κ3) is 3.68. The Bertz CT molecular complexity index is 741. The third-order valence-corrected chi connectivity index (χ3v) is 3.29. The van der Waals surface area contributed by atoms with Crippen LogP contribution in [0.3, 0.4) is 0 Å². The second-order valence-corrected chi connectivity index (χ2v) is 4.98. The Morgan fingerprint density at radius 3 is 2.52 bits per heavy atom. The number of benzene rings is 2. The maximum absolute atomic E-state index is 12.0. The number of nitro benzene ring substituents is 1. The number of hydrogen-bond donors (Lipinski definition) is 0. The zero-order valence-corrected chi connectivity index (χ0v) is 12.1. The van der Waals surface area contributed by atoms with E-state index < -0.39 is 4.92 Å². The first-order chi connectivity index (χ1) is 9.99. The summed E-state index contributed by atoms with van der Waals surface area (Å²) >= 11 is 11.7. The molecule has 0 saturated carbocycles. The van der Waals surface area contributed by atoms with Gasteiger partial charge in [-0.05, 0) is 36.4 Å². The molecule has 0 atom stereocenters. The molecular weight excluding hydrogens is 313 g/mol. The number of rotatable bonds is 4. The molecule has 0 saturated heterocycles. The summed E-state index contributed by atoms with van der Waals surface area (Å²) < 4.78 is 0. The second-order valence-electron chi connectivity index (χ2n) is 4.14. The van der Waals surface area contributed by atoms with Gasteiger partial charge in [-0.3, -0.25) is 14.9 Å². The lowest BCUT2D eigenvalue weighted by molar-refractivity contribution is -0.385. The Morgan fingerprint density at radius 2 is 1.86 bits per heavy atom. The molecule has 0 aliphatic heterocycles. The van der Waals surface area contributed by atoms with Crippen LogP contribution < -0.4 is 0 Å². The van der Waals surface area contributed by atoms with Gasteiger partial charge in [-0.25, -0.2) is 0 Å². The van der Waals surface area contributed by atoms with Crippen molar-refractivity contribution in [3.05, 3.63) is 79.8 Å². The van der Waals surface area contributed by atoms with Crippen LogP contribution in [-0.2, 0) is 0 Å². The molecule has 0 radical (unpaired) electrons. The van der Waals surface area contributed by atoms with Crippen molar-refractivity contribution in [3.63, 3.8) is 0 Å². The van der Waals surface area contributed by atoms with Crippen LogP contribution in [0, 0.1) is 10.1 Å². The van der Waals surface area contributed by atoms with E-state index in [1.807, 2.05) is 0 Å². The summed E-state index contributed by atoms with van der Waals surface area (Å²) in [6.45, 7) is 0. The predicted octanol–water partition coefficient (Wildman–Crippen LogP) is 4.80. The Morgan fingerprint density at radius 1 is 1.14 bits per heavy atom. The molecule has 0 fully saturated rings. The number of hydrogen-bond acceptors (Lipinski definition) is 3. The highest BCUT2D eigenvalue weighted by Gasteiger charge is 2.11. The molecule has 0 spiro atoms. The lowest BCUT2D eigenvalue weighted by atomic mass is 10.1. The Hall–Kier alpha value is -2.17. The van der Waals surface area contributed by atoms with Crippen LogP contribution in [-0.4, -0.2) is 10.7 Å². The molecule has 2 aromatic rings. The maximum atomic E-state index is 12.0. The molecule has 0 bridgehead atoms.